The van der Waals surface area contributed by atoms with Crippen molar-refractivity contribution in [3.05, 3.63) is 43.0 Å². The maximum atomic E-state index is 11.0. The summed E-state index contributed by atoms with van der Waals surface area (Å²) >= 11 is 0. The smallest absolute Gasteiger partial charge is 0.243 e. The summed E-state index contributed by atoms with van der Waals surface area (Å²) < 4.78 is 5.71. The van der Waals surface area contributed by atoms with Gasteiger partial charge in [-0.1, -0.05) is 89.0 Å². The van der Waals surface area contributed by atoms with Crippen LogP contribution in [0.4, 0.5) is 0 Å². The molecule has 0 aliphatic carbocycles. The lowest BCUT2D eigenvalue weighted by molar-refractivity contribution is -0.116. The number of benzene rings is 1. The molecule has 0 unspecified atom stereocenters. The van der Waals surface area contributed by atoms with Gasteiger partial charge in [0.25, 0.3) is 0 Å². The van der Waals surface area contributed by atoms with Crippen LogP contribution < -0.4 is 10.1 Å². The second-order valence-electron chi connectivity index (χ2n) is 6.90. The summed E-state index contributed by atoms with van der Waals surface area (Å²) in [5, 5.41) is 2.82. The summed E-state index contributed by atoms with van der Waals surface area (Å²) in [7, 11) is 0. The molecule has 1 amide bonds. The van der Waals surface area contributed by atoms with E-state index in [-0.39, 0.29) is 5.91 Å². The van der Waals surface area contributed by atoms with Gasteiger partial charge in [-0.3, -0.25) is 4.79 Å². The molecular formula is C23H37NO2. The Morgan fingerprint density at radius 1 is 0.808 bits per heavy atom. The molecule has 0 bridgehead atoms. The molecule has 0 atom stereocenters. The summed E-state index contributed by atoms with van der Waals surface area (Å²) in [5.41, 5.74) is 0. The van der Waals surface area contributed by atoms with Crippen LogP contribution in [0, 0.1) is 0 Å². The largest absolute Gasteiger partial charge is 0.494 e. The number of unbranched alkanes of at least 4 members (excludes halogenated alkanes) is 11. The minimum absolute atomic E-state index is 0.0614. The molecule has 3 nitrogen and oxygen atoms in total. The SMILES string of the molecule is C=CC(=O)NCCCCCCCCCCCCCCOc1ccccc1. The molecule has 3 heteroatoms. The van der Waals surface area contributed by atoms with E-state index in [2.05, 4.69) is 11.9 Å². The van der Waals surface area contributed by atoms with Crippen LogP contribution in [-0.2, 0) is 4.79 Å². The maximum Gasteiger partial charge on any atom is 0.243 e. The Bertz CT molecular complexity index is 459. The third-order valence-electron chi connectivity index (χ3n) is 4.57. The highest BCUT2D eigenvalue weighted by atomic mass is 16.5. The average Bonchev–Trinajstić information content (AvgIpc) is 2.68. The van der Waals surface area contributed by atoms with Gasteiger partial charge in [-0.25, -0.2) is 0 Å². The zero-order valence-corrected chi connectivity index (χ0v) is 16.4. The third-order valence-corrected chi connectivity index (χ3v) is 4.57. The number of hydrogen-bond donors (Lipinski definition) is 1. The number of carbonyl (C=O) groups excluding carboxylic acids is 1. The van der Waals surface area contributed by atoms with E-state index in [9.17, 15) is 4.79 Å². The fourth-order valence-electron chi connectivity index (χ4n) is 2.99. The Morgan fingerprint density at radius 2 is 1.31 bits per heavy atom. The van der Waals surface area contributed by atoms with Gasteiger partial charge in [-0.15, -0.1) is 0 Å². The molecule has 0 heterocycles. The molecule has 0 fully saturated rings. The Labute approximate surface area is 160 Å². The first kappa shape index (κ1) is 22.3. The van der Waals surface area contributed by atoms with E-state index < -0.39 is 0 Å². The van der Waals surface area contributed by atoms with Gasteiger partial charge in [0.1, 0.15) is 5.75 Å². The lowest BCUT2D eigenvalue weighted by atomic mass is 10.1. The topological polar surface area (TPSA) is 38.3 Å². The standard InChI is InChI=1S/C23H37NO2/c1-2-23(25)24-20-16-11-9-7-5-3-4-6-8-10-12-17-21-26-22-18-14-13-15-19-22/h2,13-15,18-19H,1,3-12,16-17,20-21H2,(H,24,25). The van der Waals surface area contributed by atoms with Gasteiger partial charge in [0.15, 0.2) is 0 Å². The van der Waals surface area contributed by atoms with E-state index in [1.165, 1.54) is 70.3 Å². The highest BCUT2D eigenvalue weighted by molar-refractivity contribution is 5.86. The summed E-state index contributed by atoms with van der Waals surface area (Å²) in [6, 6.07) is 10.1. The van der Waals surface area contributed by atoms with Crippen molar-refractivity contribution in [1.29, 1.82) is 0 Å². The van der Waals surface area contributed by atoms with E-state index in [1.54, 1.807) is 0 Å². The van der Waals surface area contributed by atoms with E-state index in [0.717, 1.165) is 31.7 Å². The molecule has 0 aliphatic rings. The van der Waals surface area contributed by atoms with Gasteiger partial charge in [0.2, 0.25) is 5.91 Å². The van der Waals surface area contributed by atoms with Crippen molar-refractivity contribution in [3.63, 3.8) is 0 Å². The zero-order valence-electron chi connectivity index (χ0n) is 16.4. The number of hydrogen-bond acceptors (Lipinski definition) is 2. The molecule has 0 aliphatic heterocycles. The Kier molecular flexibility index (Phi) is 14.3. The van der Waals surface area contributed by atoms with Crippen molar-refractivity contribution in [1.82, 2.24) is 5.32 Å². The van der Waals surface area contributed by atoms with Crippen LogP contribution in [0.2, 0.25) is 0 Å². The summed E-state index contributed by atoms with van der Waals surface area (Å²) in [6.07, 6.45) is 16.8. The minimum Gasteiger partial charge on any atom is -0.494 e. The highest BCUT2D eigenvalue weighted by Gasteiger charge is 1.96. The van der Waals surface area contributed by atoms with Crippen LogP contribution in [-0.4, -0.2) is 19.1 Å². The van der Waals surface area contributed by atoms with Crippen molar-refractivity contribution in [2.45, 2.75) is 77.0 Å². The van der Waals surface area contributed by atoms with Gasteiger partial charge >= 0.3 is 0 Å². The second kappa shape index (κ2) is 16.7. The van der Waals surface area contributed by atoms with Gasteiger partial charge in [0.05, 0.1) is 6.61 Å². The average molecular weight is 360 g/mol. The van der Waals surface area contributed by atoms with Crippen LogP contribution in [0.25, 0.3) is 0 Å². The van der Waals surface area contributed by atoms with Crippen LogP contribution in [0.5, 0.6) is 5.75 Å². The second-order valence-corrected chi connectivity index (χ2v) is 6.90. The van der Waals surface area contributed by atoms with E-state index in [4.69, 9.17) is 4.74 Å². The maximum absolute atomic E-state index is 11.0. The van der Waals surface area contributed by atoms with Crippen molar-refractivity contribution in [3.8, 4) is 5.75 Å². The number of amides is 1. The monoisotopic (exact) mass is 359 g/mol. The van der Waals surface area contributed by atoms with Crippen LogP contribution in [0.15, 0.2) is 43.0 Å². The van der Waals surface area contributed by atoms with E-state index >= 15 is 0 Å². The molecule has 0 spiro atoms. The van der Waals surface area contributed by atoms with Crippen molar-refractivity contribution in [2.75, 3.05) is 13.2 Å². The first-order valence-electron chi connectivity index (χ1n) is 10.4. The van der Waals surface area contributed by atoms with Crippen molar-refractivity contribution in [2.24, 2.45) is 0 Å². The summed E-state index contributed by atoms with van der Waals surface area (Å²) in [6.45, 7) is 5.06. The Hall–Kier alpha value is -1.77. The molecule has 1 rings (SSSR count). The molecule has 1 N–H and O–H groups in total. The predicted molar refractivity (Wildman–Crippen MR) is 111 cm³/mol. The summed E-state index contributed by atoms with van der Waals surface area (Å²) in [4.78, 5) is 11.0. The zero-order chi connectivity index (χ0) is 18.7. The molecule has 146 valence electrons. The molecular weight excluding hydrogens is 322 g/mol. The first-order chi connectivity index (χ1) is 12.8. The Balaban J connectivity index is 1.72. The number of carbonyl (C=O) groups is 1. The fraction of sp³-hybridized carbons (Fsp3) is 0.609. The number of rotatable bonds is 17. The number of nitrogens with one attached hydrogen (secondary N) is 1. The molecule has 26 heavy (non-hydrogen) atoms. The molecule has 1 aromatic carbocycles. The number of ether oxygens (including phenoxy) is 1. The quantitative estimate of drug-likeness (QED) is 0.272. The van der Waals surface area contributed by atoms with Crippen LogP contribution in [0.3, 0.4) is 0 Å². The predicted octanol–water partition coefficient (Wildman–Crippen LogP) is 6.05. The first-order valence-corrected chi connectivity index (χ1v) is 10.4. The fourth-order valence-corrected chi connectivity index (χ4v) is 2.99. The van der Waals surface area contributed by atoms with Gasteiger partial charge < -0.3 is 10.1 Å². The third kappa shape index (κ3) is 13.5. The lowest BCUT2D eigenvalue weighted by Crippen LogP contribution is -2.21. The minimum atomic E-state index is -0.0614. The summed E-state index contributed by atoms with van der Waals surface area (Å²) in [5.74, 6) is 0.919. The van der Waals surface area contributed by atoms with Gasteiger partial charge in [-0.05, 0) is 31.1 Å². The molecule has 0 radical (unpaired) electrons. The molecule has 0 saturated heterocycles. The van der Waals surface area contributed by atoms with Crippen molar-refractivity contribution >= 4 is 5.91 Å². The van der Waals surface area contributed by atoms with Gasteiger partial charge in [0, 0.05) is 6.54 Å². The van der Waals surface area contributed by atoms with Crippen LogP contribution >= 0.6 is 0 Å². The molecule has 0 saturated carbocycles. The molecule has 0 aromatic heterocycles. The van der Waals surface area contributed by atoms with E-state index in [0.29, 0.717) is 0 Å². The van der Waals surface area contributed by atoms with Gasteiger partial charge in [-0.2, -0.15) is 0 Å². The molecule has 1 aromatic rings. The normalized spacial score (nSPS) is 10.5. The van der Waals surface area contributed by atoms with E-state index in [1.807, 2.05) is 30.3 Å². The van der Waals surface area contributed by atoms with Crippen LogP contribution in [0.1, 0.15) is 77.0 Å². The number of para-hydroxylation sites is 1. The van der Waals surface area contributed by atoms with Crippen molar-refractivity contribution < 1.29 is 9.53 Å². The Morgan fingerprint density at radius 3 is 1.85 bits per heavy atom. The lowest BCUT2D eigenvalue weighted by Gasteiger charge is -2.06. The highest BCUT2D eigenvalue weighted by Crippen LogP contribution is 2.13.